The summed E-state index contributed by atoms with van der Waals surface area (Å²) in [7, 11) is 0. The Labute approximate surface area is 89.0 Å². The van der Waals surface area contributed by atoms with Crippen molar-refractivity contribution in [3.63, 3.8) is 0 Å². The lowest BCUT2D eigenvalue weighted by atomic mass is 10.2. The molecule has 3 heterocycles. The lowest BCUT2D eigenvalue weighted by Gasteiger charge is -1.97. The van der Waals surface area contributed by atoms with Gasteiger partial charge in [0, 0.05) is 5.69 Å². The highest BCUT2D eigenvalue weighted by Gasteiger charge is 2.10. The van der Waals surface area contributed by atoms with Gasteiger partial charge in [-0.15, -0.1) is 0 Å². The van der Waals surface area contributed by atoms with Crippen molar-refractivity contribution in [1.82, 2.24) is 30.1 Å². The first kappa shape index (κ1) is 8.84. The van der Waals surface area contributed by atoms with Crippen LogP contribution < -0.4 is 5.56 Å². The molecule has 0 atom stereocenters. The highest BCUT2D eigenvalue weighted by atomic mass is 16.1. The van der Waals surface area contributed by atoms with Crippen molar-refractivity contribution in [1.29, 1.82) is 0 Å². The molecule has 0 saturated carbocycles. The van der Waals surface area contributed by atoms with Crippen molar-refractivity contribution in [2.75, 3.05) is 0 Å². The van der Waals surface area contributed by atoms with Gasteiger partial charge in [-0.1, -0.05) is 0 Å². The summed E-state index contributed by atoms with van der Waals surface area (Å²) in [5.74, 6) is 0.468. The van der Waals surface area contributed by atoms with Gasteiger partial charge in [-0.2, -0.15) is 5.10 Å². The second-order valence-corrected chi connectivity index (χ2v) is 3.42. The molecule has 0 amide bonds. The van der Waals surface area contributed by atoms with Gasteiger partial charge >= 0.3 is 0 Å². The molecule has 80 valence electrons. The lowest BCUT2D eigenvalue weighted by molar-refractivity contribution is 1.05. The summed E-state index contributed by atoms with van der Waals surface area (Å²) >= 11 is 0. The Morgan fingerprint density at radius 2 is 2.25 bits per heavy atom. The average molecular weight is 216 g/mol. The van der Waals surface area contributed by atoms with Crippen LogP contribution in [0.4, 0.5) is 0 Å². The zero-order chi connectivity index (χ0) is 11.1. The Balaban J connectivity index is 2.33. The molecule has 0 bridgehead atoms. The number of hydrogen-bond donors (Lipinski definition) is 3. The molecule has 0 fully saturated rings. The van der Waals surface area contributed by atoms with E-state index in [4.69, 9.17) is 0 Å². The van der Waals surface area contributed by atoms with E-state index >= 15 is 0 Å². The molecule has 3 aromatic heterocycles. The van der Waals surface area contributed by atoms with Crippen LogP contribution in [-0.2, 0) is 0 Å². The van der Waals surface area contributed by atoms with Gasteiger partial charge < -0.3 is 9.97 Å². The fourth-order valence-corrected chi connectivity index (χ4v) is 1.56. The molecule has 0 spiro atoms. The second-order valence-electron chi connectivity index (χ2n) is 3.42. The molecular weight excluding hydrogens is 208 g/mol. The molecule has 16 heavy (non-hydrogen) atoms. The number of H-pyrrole nitrogens is 3. The van der Waals surface area contributed by atoms with E-state index in [1.807, 2.05) is 6.92 Å². The first-order chi connectivity index (χ1) is 7.75. The number of aryl methyl sites for hydroxylation is 1. The maximum absolute atomic E-state index is 11.7. The second kappa shape index (κ2) is 3.02. The monoisotopic (exact) mass is 216 g/mol. The van der Waals surface area contributed by atoms with Gasteiger partial charge in [-0.25, -0.2) is 9.97 Å². The topological polar surface area (TPSA) is 103 Å². The van der Waals surface area contributed by atoms with Crippen molar-refractivity contribution in [3.05, 3.63) is 28.6 Å². The molecule has 0 aliphatic rings. The summed E-state index contributed by atoms with van der Waals surface area (Å²) in [6, 6.07) is 0. The molecule has 0 aliphatic carbocycles. The highest BCUT2D eigenvalue weighted by Crippen LogP contribution is 2.16. The van der Waals surface area contributed by atoms with E-state index in [1.54, 1.807) is 6.20 Å². The molecule has 0 unspecified atom stereocenters. The third-order valence-electron chi connectivity index (χ3n) is 2.38. The highest BCUT2D eigenvalue weighted by molar-refractivity contribution is 5.71. The first-order valence-electron chi connectivity index (χ1n) is 4.69. The Hall–Kier alpha value is -2.44. The quantitative estimate of drug-likeness (QED) is 0.545. The molecule has 0 radical (unpaired) electrons. The minimum absolute atomic E-state index is 0.238. The van der Waals surface area contributed by atoms with E-state index in [0.29, 0.717) is 17.0 Å². The van der Waals surface area contributed by atoms with E-state index in [2.05, 4.69) is 30.1 Å². The van der Waals surface area contributed by atoms with E-state index in [-0.39, 0.29) is 5.56 Å². The van der Waals surface area contributed by atoms with Crippen molar-refractivity contribution in [2.45, 2.75) is 6.92 Å². The van der Waals surface area contributed by atoms with Crippen LogP contribution >= 0.6 is 0 Å². The molecule has 7 heteroatoms. The number of imidazole rings is 1. The van der Waals surface area contributed by atoms with Gasteiger partial charge in [0.1, 0.15) is 5.82 Å². The van der Waals surface area contributed by atoms with Crippen molar-refractivity contribution < 1.29 is 0 Å². The largest absolute Gasteiger partial charge is 0.339 e. The normalized spacial score (nSPS) is 11.1. The van der Waals surface area contributed by atoms with Gasteiger partial charge in [0.15, 0.2) is 11.2 Å². The molecule has 0 aromatic carbocycles. The van der Waals surface area contributed by atoms with Crippen LogP contribution in [0.1, 0.15) is 5.69 Å². The minimum atomic E-state index is -0.238. The molecule has 7 nitrogen and oxygen atoms in total. The summed E-state index contributed by atoms with van der Waals surface area (Å²) in [6.07, 6.45) is 3.06. The molecule has 0 aliphatic heterocycles. The number of rotatable bonds is 1. The number of fused-ring (bicyclic) bond motifs is 1. The predicted octanol–water partition coefficient (Wildman–Crippen LogP) is 0.345. The van der Waals surface area contributed by atoms with E-state index in [0.717, 1.165) is 11.3 Å². The number of aromatic amines is 3. The predicted molar refractivity (Wildman–Crippen MR) is 56.8 cm³/mol. The fourth-order valence-electron chi connectivity index (χ4n) is 1.56. The minimum Gasteiger partial charge on any atom is -0.339 e. The zero-order valence-corrected chi connectivity index (χ0v) is 8.40. The van der Waals surface area contributed by atoms with Crippen molar-refractivity contribution >= 4 is 11.2 Å². The maximum atomic E-state index is 11.7. The van der Waals surface area contributed by atoms with Crippen LogP contribution in [0.5, 0.6) is 0 Å². The average Bonchev–Trinajstić information content (AvgIpc) is 2.85. The Kier molecular flexibility index (Phi) is 1.67. The SMILES string of the molecule is Cc1[nH]ncc1-c1nc2nc[nH]c2c(=O)[nH]1. The summed E-state index contributed by atoms with van der Waals surface area (Å²) in [6.45, 7) is 1.86. The van der Waals surface area contributed by atoms with Crippen LogP contribution in [0, 0.1) is 6.92 Å². The first-order valence-corrected chi connectivity index (χ1v) is 4.69. The van der Waals surface area contributed by atoms with Crippen LogP contribution in [-0.4, -0.2) is 30.1 Å². The molecule has 0 saturated heterocycles. The number of nitrogens with one attached hydrogen (secondary N) is 3. The van der Waals surface area contributed by atoms with E-state index < -0.39 is 0 Å². The van der Waals surface area contributed by atoms with Crippen LogP contribution in [0.2, 0.25) is 0 Å². The smallest absolute Gasteiger partial charge is 0.277 e. The number of nitrogens with zero attached hydrogens (tertiary/aromatic N) is 3. The van der Waals surface area contributed by atoms with Gasteiger partial charge in [0.25, 0.3) is 5.56 Å². The number of hydrogen-bond acceptors (Lipinski definition) is 4. The summed E-state index contributed by atoms with van der Waals surface area (Å²) in [4.78, 5) is 25.3. The zero-order valence-electron chi connectivity index (χ0n) is 8.40. The Morgan fingerprint density at radius 3 is 3.00 bits per heavy atom. The molecule has 3 N–H and O–H groups in total. The van der Waals surface area contributed by atoms with Crippen molar-refractivity contribution in [2.24, 2.45) is 0 Å². The van der Waals surface area contributed by atoms with Gasteiger partial charge in [0.05, 0.1) is 18.1 Å². The van der Waals surface area contributed by atoms with E-state index in [9.17, 15) is 4.79 Å². The number of aromatic nitrogens is 6. The lowest BCUT2D eigenvalue weighted by Crippen LogP contribution is -2.09. The third kappa shape index (κ3) is 1.14. The van der Waals surface area contributed by atoms with E-state index in [1.165, 1.54) is 6.33 Å². The van der Waals surface area contributed by atoms with Crippen LogP contribution in [0.25, 0.3) is 22.6 Å². The Bertz CT molecular complexity index is 706. The van der Waals surface area contributed by atoms with Gasteiger partial charge in [-0.05, 0) is 6.92 Å². The molecule has 3 rings (SSSR count). The fraction of sp³-hybridized carbons (Fsp3) is 0.111. The Morgan fingerprint density at radius 1 is 1.38 bits per heavy atom. The van der Waals surface area contributed by atoms with Crippen LogP contribution in [0.15, 0.2) is 17.3 Å². The summed E-state index contributed by atoms with van der Waals surface area (Å²) < 4.78 is 0. The van der Waals surface area contributed by atoms with Gasteiger partial charge in [0.2, 0.25) is 0 Å². The van der Waals surface area contributed by atoms with Crippen molar-refractivity contribution in [3.8, 4) is 11.4 Å². The summed E-state index contributed by atoms with van der Waals surface area (Å²) in [5, 5.41) is 6.67. The molecule has 3 aromatic rings. The summed E-state index contributed by atoms with van der Waals surface area (Å²) in [5.41, 5.74) is 2.15. The standard InChI is InChI=1S/C9H8N6O/c1-4-5(2-12-15-4)7-13-8-6(9(16)14-7)10-3-11-8/h2-3H,1H3,(H,12,15)(H2,10,11,13,14,16). The maximum Gasteiger partial charge on any atom is 0.277 e. The van der Waals surface area contributed by atoms with Crippen LogP contribution in [0.3, 0.4) is 0 Å². The van der Waals surface area contributed by atoms with Gasteiger partial charge in [-0.3, -0.25) is 9.89 Å². The third-order valence-corrected chi connectivity index (χ3v) is 2.38. The molecular formula is C9H8N6O.